The summed E-state index contributed by atoms with van der Waals surface area (Å²) in [5.74, 6) is 0.177. The lowest BCUT2D eigenvalue weighted by Crippen LogP contribution is -2.12. The van der Waals surface area contributed by atoms with E-state index >= 15 is 0 Å². The number of fused-ring (bicyclic) bond motifs is 1. The monoisotopic (exact) mass is 307 g/mol. The minimum absolute atomic E-state index is 0.0412. The third kappa shape index (κ3) is 1.94. The first-order valence-electron chi connectivity index (χ1n) is 6.07. The van der Waals surface area contributed by atoms with Crippen molar-refractivity contribution in [1.29, 1.82) is 0 Å². The zero-order valence-corrected chi connectivity index (χ0v) is 11.4. The first-order valence-corrected chi connectivity index (χ1v) is 6.86. The number of nitrogens with zero attached hydrogens (tertiary/aromatic N) is 1. The zero-order valence-electron chi connectivity index (χ0n) is 9.84. The zero-order chi connectivity index (χ0) is 12.5. The third-order valence-electron chi connectivity index (χ3n) is 3.50. The van der Waals surface area contributed by atoms with Gasteiger partial charge in [-0.2, -0.15) is 0 Å². The number of pyridine rings is 1. The van der Waals surface area contributed by atoms with Gasteiger partial charge in [0.2, 0.25) is 0 Å². The van der Waals surface area contributed by atoms with Crippen molar-refractivity contribution in [2.24, 2.45) is 5.92 Å². The van der Waals surface area contributed by atoms with Crippen molar-refractivity contribution in [3.05, 3.63) is 40.5 Å². The molecule has 18 heavy (non-hydrogen) atoms. The fraction of sp³-hybridized carbons (Fsp3) is 0.357. The van der Waals surface area contributed by atoms with Crippen molar-refractivity contribution >= 4 is 26.8 Å². The molecule has 4 heteroatoms. The quantitative estimate of drug-likeness (QED) is 0.927. The van der Waals surface area contributed by atoms with Crippen LogP contribution in [0.3, 0.4) is 0 Å². The van der Waals surface area contributed by atoms with Crippen LogP contribution in [0.2, 0.25) is 0 Å². The Labute approximate surface area is 114 Å². The van der Waals surface area contributed by atoms with Gasteiger partial charge in [0.05, 0.1) is 11.6 Å². The highest BCUT2D eigenvalue weighted by atomic mass is 79.9. The van der Waals surface area contributed by atoms with Gasteiger partial charge in [-0.25, -0.2) is 0 Å². The summed E-state index contributed by atoms with van der Waals surface area (Å²) >= 11 is 3.54. The van der Waals surface area contributed by atoms with Gasteiger partial charge in [0.25, 0.3) is 0 Å². The van der Waals surface area contributed by atoms with E-state index in [0.29, 0.717) is 6.61 Å². The molecular weight excluding hydrogens is 294 g/mol. The molecule has 3 nitrogen and oxygen atoms in total. The fourth-order valence-electron chi connectivity index (χ4n) is 2.55. The smallest absolute Gasteiger partial charge is 0.0896 e. The maximum Gasteiger partial charge on any atom is 0.0896 e. The van der Waals surface area contributed by atoms with Crippen molar-refractivity contribution in [2.75, 3.05) is 13.2 Å². The molecule has 2 aromatic rings. The normalized spacial score (nSPS) is 23.7. The summed E-state index contributed by atoms with van der Waals surface area (Å²) in [7, 11) is 0. The van der Waals surface area contributed by atoms with Crippen LogP contribution in [0.25, 0.3) is 10.9 Å². The molecule has 2 heterocycles. The van der Waals surface area contributed by atoms with Gasteiger partial charge in [-0.1, -0.05) is 28.1 Å². The lowest BCUT2D eigenvalue weighted by atomic mass is 9.94. The highest BCUT2D eigenvalue weighted by Crippen LogP contribution is 2.38. The highest BCUT2D eigenvalue weighted by molar-refractivity contribution is 9.10. The SMILES string of the molecule is OCC1CCOC1c1ccc(Br)c2cccnc12. The topological polar surface area (TPSA) is 42.4 Å². The number of aromatic nitrogens is 1. The average Bonchev–Trinajstić information content (AvgIpc) is 2.88. The number of halogens is 1. The molecule has 1 aliphatic rings. The molecule has 0 spiro atoms. The molecule has 94 valence electrons. The van der Waals surface area contributed by atoms with Crippen molar-refractivity contribution in [3.8, 4) is 0 Å². The Morgan fingerprint density at radius 3 is 3.11 bits per heavy atom. The number of rotatable bonds is 2. The second kappa shape index (κ2) is 4.96. The van der Waals surface area contributed by atoms with E-state index in [-0.39, 0.29) is 18.6 Å². The molecule has 0 aliphatic carbocycles. The van der Waals surface area contributed by atoms with Crippen molar-refractivity contribution in [2.45, 2.75) is 12.5 Å². The predicted octanol–water partition coefficient (Wildman–Crippen LogP) is 3.07. The van der Waals surface area contributed by atoms with Crippen LogP contribution in [-0.4, -0.2) is 23.3 Å². The minimum Gasteiger partial charge on any atom is -0.396 e. The first kappa shape index (κ1) is 12.1. The van der Waals surface area contributed by atoms with E-state index in [1.165, 1.54) is 0 Å². The van der Waals surface area contributed by atoms with Crippen molar-refractivity contribution in [3.63, 3.8) is 0 Å². The molecule has 1 fully saturated rings. The Balaban J connectivity index is 2.15. The molecule has 1 aliphatic heterocycles. The van der Waals surface area contributed by atoms with Crippen LogP contribution in [0.15, 0.2) is 34.9 Å². The van der Waals surface area contributed by atoms with Gasteiger partial charge in [0, 0.05) is 40.8 Å². The number of ether oxygens (including phenoxy) is 1. The van der Waals surface area contributed by atoms with Crippen LogP contribution in [0.1, 0.15) is 18.1 Å². The summed E-state index contributed by atoms with van der Waals surface area (Å²) in [4.78, 5) is 4.46. The number of benzene rings is 1. The van der Waals surface area contributed by atoms with Gasteiger partial charge < -0.3 is 9.84 Å². The van der Waals surface area contributed by atoms with Crippen LogP contribution in [-0.2, 0) is 4.74 Å². The molecule has 0 saturated carbocycles. The second-order valence-corrected chi connectivity index (χ2v) is 5.41. The van der Waals surface area contributed by atoms with Crippen LogP contribution >= 0.6 is 15.9 Å². The first-order chi connectivity index (χ1) is 8.81. The Kier molecular flexibility index (Phi) is 3.33. The summed E-state index contributed by atoms with van der Waals surface area (Å²) in [6.07, 6.45) is 2.66. The van der Waals surface area contributed by atoms with Crippen molar-refractivity contribution in [1.82, 2.24) is 4.98 Å². The summed E-state index contributed by atoms with van der Waals surface area (Å²) < 4.78 is 6.81. The average molecular weight is 308 g/mol. The molecule has 2 unspecified atom stereocenters. The molecule has 0 bridgehead atoms. The molecule has 1 saturated heterocycles. The molecular formula is C14H14BrNO2. The Bertz CT molecular complexity index is 573. The Morgan fingerprint density at radius 2 is 2.28 bits per heavy atom. The van der Waals surface area contributed by atoms with Crippen LogP contribution in [0.5, 0.6) is 0 Å². The predicted molar refractivity (Wildman–Crippen MR) is 73.3 cm³/mol. The number of hydrogen-bond donors (Lipinski definition) is 1. The standard InChI is InChI=1S/C14H14BrNO2/c15-12-4-3-11(13-10(12)2-1-6-16-13)14-9(8-17)5-7-18-14/h1-4,6,9,14,17H,5,7-8H2. The Morgan fingerprint density at radius 1 is 1.39 bits per heavy atom. The van der Waals surface area contributed by atoms with E-state index in [2.05, 4.69) is 20.9 Å². The van der Waals surface area contributed by atoms with E-state index in [1.807, 2.05) is 24.3 Å². The van der Waals surface area contributed by atoms with E-state index in [4.69, 9.17) is 4.74 Å². The second-order valence-electron chi connectivity index (χ2n) is 4.56. The van der Waals surface area contributed by atoms with Crippen LogP contribution in [0.4, 0.5) is 0 Å². The molecule has 1 aromatic carbocycles. The Hall–Kier alpha value is -0.970. The fourth-order valence-corrected chi connectivity index (χ4v) is 3.01. The molecule has 3 rings (SSSR count). The van der Waals surface area contributed by atoms with E-state index in [1.54, 1.807) is 6.20 Å². The lowest BCUT2D eigenvalue weighted by Gasteiger charge is -2.18. The summed E-state index contributed by atoms with van der Waals surface area (Å²) in [6.45, 7) is 0.870. The van der Waals surface area contributed by atoms with Gasteiger partial charge in [0.15, 0.2) is 0 Å². The number of hydrogen-bond acceptors (Lipinski definition) is 3. The number of aliphatic hydroxyl groups excluding tert-OH is 1. The summed E-state index contributed by atoms with van der Waals surface area (Å²) in [6, 6.07) is 8.03. The van der Waals surface area contributed by atoms with Gasteiger partial charge in [0.1, 0.15) is 0 Å². The van der Waals surface area contributed by atoms with Gasteiger partial charge in [-0.3, -0.25) is 4.98 Å². The van der Waals surface area contributed by atoms with Crippen molar-refractivity contribution < 1.29 is 9.84 Å². The third-order valence-corrected chi connectivity index (χ3v) is 4.19. The van der Waals surface area contributed by atoms with Gasteiger partial charge in [-0.05, 0) is 18.6 Å². The lowest BCUT2D eigenvalue weighted by molar-refractivity contribution is 0.0730. The van der Waals surface area contributed by atoms with E-state index in [0.717, 1.165) is 27.4 Å². The van der Waals surface area contributed by atoms with Crippen LogP contribution < -0.4 is 0 Å². The van der Waals surface area contributed by atoms with Crippen LogP contribution in [0, 0.1) is 5.92 Å². The maximum atomic E-state index is 9.41. The molecule has 0 radical (unpaired) electrons. The number of aliphatic hydroxyl groups is 1. The minimum atomic E-state index is -0.0412. The van der Waals surface area contributed by atoms with E-state index < -0.39 is 0 Å². The molecule has 0 amide bonds. The maximum absolute atomic E-state index is 9.41. The molecule has 1 N–H and O–H groups in total. The molecule has 1 aromatic heterocycles. The summed E-state index contributed by atoms with van der Waals surface area (Å²) in [5, 5.41) is 10.5. The molecule has 2 atom stereocenters. The van der Waals surface area contributed by atoms with Gasteiger partial charge >= 0.3 is 0 Å². The summed E-state index contributed by atoms with van der Waals surface area (Å²) in [5.41, 5.74) is 2.03. The highest BCUT2D eigenvalue weighted by Gasteiger charge is 2.30. The largest absolute Gasteiger partial charge is 0.396 e. The van der Waals surface area contributed by atoms with E-state index in [9.17, 15) is 5.11 Å². The van der Waals surface area contributed by atoms with Gasteiger partial charge in [-0.15, -0.1) is 0 Å².